The largest absolute Gasteiger partial charge is 0.307 e. The molecule has 0 spiro atoms. The zero-order valence-electron chi connectivity index (χ0n) is 11.5. The Kier molecular flexibility index (Phi) is 4.20. The van der Waals surface area contributed by atoms with Crippen LogP contribution in [0, 0.1) is 0 Å². The van der Waals surface area contributed by atoms with Gasteiger partial charge in [-0.1, -0.05) is 53.5 Å². The zero-order chi connectivity index (χ0) is 15.7. The second kappa shape index (κ2) is 6.12. The van der Waals surface area contributed by atoms with Crippen LogP contribution in [0.2, 0.25) is 8.67 Å². The van der Waals surface area contributed by atoms with Crippen molar-refractivity contribution in [2.75, 3.05) is 5.32 Å². The van der Waals surface area contributed by atoms with Crippen molar-refractivity contribution < 1.29 is 4.79 Å². The number of benzene rings is 1. The van der Waals surface area contributed by atoms with Gasteiger partial charge in [0.25, 0.3) is 5.91 Å². The molecule has 112 valence electrons. The van der Waals surface area contributed by atoms with Crippen LogP contribution in [0.25, 0.3) is 11.3 Å². The highest BCUT2D eigenvalue weighted by molar-refractivity contribution is 7.20. The van der Waals surface area contributed by atoms with E-state index in [0.29, 0.717) is 20.1 Å². The molecular formula is C15H11Cl2N3OS. The molecule has 3 rings (SSSR count). The van der Waals surface area contributed by atoms with Crippen LogP contribution in [-0.4, -0.2) is 15.7 Å². The number of anilines is 1. The number of nitrogens with zero attached hydrogens (tertiary/aromatic N) is 2. The highest BCUT2D eigenvalue weighted by Crippen LogP contribution is 2.31. The molecule has 1 N–H and O–H groups in total. The number of hydrogen-bond acceptors (Lipinski definition) is 3. The number of aromatic nitrogens is 2. The minimum atomic E-state index is -0.309. The molecule has 1 aromatic carbocycles. The molecule has 0 aliphatic carbocycles. The molecule has 0 saturated carbocycles. The Hall–Kier alpha value is -1.82. The Morgan fingerprint density at radius 2 is 1.95 bits per heavy atom. The Balaban J connectivity index is 1.86. The Morgan fingerprint density at radius 3 is 2.59 bits per heavy atom. The summed E-state index contributed by atoms with van der Waals surface area (Å²) in [5, 5.41) is 7.20. The molecule has 0 fully saturated rings. The van der Waals surface area contributed by atoms with Crippen LogP contribution in [0.5, 0.6) is 0 Å². The predicted molar refractivity (Wildman–Crippen MR) is 90.9 cm³/mol. The number of carbonyl (C=O) groups is 1. The van der Waals surface area contributed by atoms with Crippen LogP contribution in [0.4, 0.5) is 5.82 Å². The molecular weight excluding hydrogens is 341 g/mol. The quantitative estimate of drug-likeness (QED) is 0.742. The first-order chi connectivity index (χ1) is 10.5. The van der Waals surface area contributed by atoms with Gasteiger partial charge < -0.3 is 5.32 Å². The van der Waals surface area contributed by atoms with Crippen molar-refractivity contribution in [3.8, 4) is 11.3 Å². The first-order valence-electron chi connectivity index (χ1n) is 6.40. The molecule has 0 bridgehead atoms. The summed E-state index contributed by atoms with van der Waals surface area (Å²) in [6, 6.07) is 13.1. The van der Waals surface area contributed by atoms with E-state index in [0.717, 1.165) is 22.6 Å². The average Bonchev–Trinajstić information content (AvgIpc) is 3.03. The zero-order valence-corrected chi connectivity index (χ0v) is 13.8. The minimum absolute atomic E-state index is 0.309. The molecule has 2 heterocycles. The molecule has 0 aliphatic heterocycles. The van der Waals surface area contributed by atoms with Crippen LogP contribution in [0.3, 0.4) is 0 Å². The average molecular weight is 352 g/mol. The molecule has 4 nitrogen and oxygen atoms in total. The lowest BCUT2D eigenvalue weighted by Gasteiger charge is -2.03. The number of halogens is 2. The SMILES string of the molecule is Cn1nc(-c2ccccc2)cc1NC(=O)c1cc(Cl)sc1Cl. The summed E-state index contributed by atoms with van der Waals surface area (Å²) in [7, 11) is 1.77. The second-order valence-electron chi connectivity index (χ2n) is 4.60. The molecule has 3 aromatic rings. The Bertz CT molecular complexity index is 827. The number of amides is 1. The van der Waals surface area contributed by atoms with Crippen molar-refractivity contribution in [3.05, 3.63) is 56.7 Å². The maximum atomic E-state index is 12.3. The summed E-state index contributed by atoms with van der Waals surface area (Å²) < 4.78 is 2.46. The number of thiophene rings is 1. The van der Waals surface area contributed by atoms with E-state index in [9.17, 15) is 4.79 Å². The first kappa shape index (κ1) is 15.1. The smallest absolute Gasteiger partial charge is 0.259 e. The lowest BCUT2D eigenvalue weighted by Crippen LogP contribution is -2.14. The predicted octanol–water partition coefficient (Wildman–Crippen LogP) is 4.71. The van der Waals surface area contributed by atoms with Crippen molar-refractivity contribution in [1.29, 1.82) is 0 Å². The molecule has 2 aromatic heterocycles. The normalized spacial score (nSPS) is 10.7. The van der Waals surface area contributed by atoms with E-state index < -0.39 is 0 Å². The van der Waals surface area contributed by atoms with Gasteiger partial charge in [0.05, 0.1) is 15.6 Å². The number of rotatable bonds is 3. The fraction of sp³-hybridized carbons (Fsp3) is 0.0667. The monoisotopic (exact) mass is 351 g/mol. The van der Waals surface area contributed by atoms with Crippen molar-refractivity contribution in [1.82, 2.24) is 9.78 Å². The molecule has 1 amide bonds. The second-order valence-corrected chi connectivity index (χ2v) is 6.88. The van der Waals surface area contributed by atoms with Gasteiger partial charge in [-0.25, -0.2) is 0 Å². The van der Waals surface area contributed by atoms with Gasteiger partial charge in [-0.2, -0.15) is 5.10 Å². The van der Waals surface area contributed by atoms with E-state index in [1.54, 1.807) is 17.8 Å². The molecule has 22 heavy (non-hydrogen) atoms. The minimum Gasteiger partial charge on any atom is -0.307 e. The van der Waals surface area contributed by atoms with E-state index in [2.05, 4.69) is 10.4 Å². The summed E-state index contributed by atoms with van der Waals surface area (Å²) in [4.78, 5) is 12.3. The summed E-state index contributed by atoms with van der Waals surface area (Å²) in [5.74, 6) is 0.276. The van der Waals surface area contributed by atoms with Crippen LogP contribution in [-0.2, 0) is 7.05 Å². The molecule has 0 radical (unpaired) electrons. The number of carbonyl (C=O) groups excluding carboxylic acids is 1. The maximum absolute atomic E-state index is 12.3. The standard InChI is InChI=1S/C15H11Cl2N3OS/c1-20-13(8-11(19-20)9-5-3-2-4-6-9)18-15(21)10-7-12(16)22-14(10)17/h2-8H,1H3,(H,18,21). The van der Waals surface area contributed by atoms with E-state index >= 15 is 0 Å². The molecule has 0 unspecified atom stereocenters. The molecule has 0 aliphatic rings. The fourth-order valence-corrected chi connectivity index (χ4v) is 3.47. The Morgan fingerprint density at radius 1 is 1.23 bits per heavy atom. The summed E-state index contributed by atoms with van der Waals surface area (Å²) >= 11 is 13.0. The van der Waals surface area contributed by atoms with Gasteiger partial charge in [0.2, 0.25) is 0 Å². The Labute approximate surface area is 141 Å². The van der Waals surface area contributed by atoms with Crippen LogP contribution < -0.4 is 5.32 Å². The lowest BCUT2D eigenvalue weighted by atomic mass is 10.1. The summed E-state index contributed by atoms with van der Waals surface area (Å²) in [6.07, 6.45) is 0. The maximum Gasteiger partial charge on any atom is 0.259 e. The van der Waals surface area contributed by atoms with Gasteiger partial charge in [-0.3, -0.25) is 9.48 Å². The topological polar surface area (TPSA) is 46.9 Å². The van der Waals surface area contributed by atoms with Crippen molar-refractivity contribution in [3.63, 3.8) is 0 Å². The van der Waals surface area contributed by atoms with E-state index in [1.165, 1.54) is 0 Å². The van der Waals surface area contributed by atoms with Gasteiger partial charge >= 0.3 is 0 Å². The number of hydrogen-bond donors (Lipinski definition) is 1. The van der Waals surface area contributed by atoms with Gasteiger partial charge in [0.1, 0.15) is 10.2 Å². The molecule has 0 saturated heterocycles. The number of nitrogens with one attached hydrogen (secondary N) is 1. The summed E-state index contributed by atoms with van der Waals surface area (Å²) in [5.41, 5.74) is 2.13. The van der Waals surface area contributed by atoms with Gasteiger partial charge in [0, 0.05) is 18.7 Å². The van der Waals surface area contributed by atoms with Gasteiger partial charge in [0.15, 0.2) is 0 Å². The summed E-state index contributed by atoms with van der Waals surface area (Å²) in [6.45, 7) is 0. The molecule has 7 heteroatoms. The van der Waals surface area contributed by atoms with Crippen molar-refractivity contribution >= 4 is 46.3 Å². The lowest BCUT2D eigenvalue weighted by molar-refractivity contribution is 0.102. The van der Waals surface area contributed by atoms with Crippen molar-refractivity contribution in [2.45, 2.75) is 0 Å². The van der Waals surface area contributed by atoms with E-state index in [4.69, 9.17) is 23.2 Å². The van der Waals surface area contributed by atoms with E-state index in [1.807, 2.05) is 36.4 Å². The third-order valence-electron chi connectivity index (χ3n) is 3.09. The van der Waals surface area contributed by atoms with Gasteiger partial charge in [-0.05, 0) is 6.07 Å². The molecule has 0 atom stereocenters. The highest BCUT2D eigenvalue weighted by Gasteiger charge is 2.16. The first-order valence-corrected chi connectivity index (χ1v) is 7.97. The van der Waals surface area contributed by atoms with Crippen LogP contribution in [0.15, 0.2) is 42.5 Å². The van der Waals surface area contributed by atoms with Crippen molar-refractivity contribution in [2.24, 2.45) is 7.05 Å². The van der Waals surface area contributed by atoms with Crippen LogP contribution >= 0.6 is 34.5 Å². The third-order valence-corrected chi connectivity index (χ3v) is 4.58. The van der Waals surface area contributed by atoms with Gasteiger partial charge in [-0.15, -0.1) is 11.3 Å². The highest BCUT2D eigenvalue weighted by atomic mass is 35.5. The third kappa shape index (κ3) is 3.02. The number of aryl methyl sites for hydroxylation is 1. The van der Waals surface area contributed by atoms with Crippen LogP contribution in [0.1, 0.15) is 10.4 Å². The van der Waals surface area contributed by atoms with E-state index in [-0.39, 0.29) is 5.91 Å². The fourth-order valence-electron chi connectivity index (χ4n) is 2.01.